The number of hydrogen-bond acceptors (Lipinski definition) is 7. The molecule has 7 heteroatoms. The van der Waals surface area contributed by atoms with Gasteiger partial charge in [0.25, 0.3) is 0 Å². The summed E-state index contributed by atoms with van der Waals surface area (Å²) in [4.78, 5) is 22.6. The quantitative estimate of drug-likeness (QED) is 0.506. The van der Waals surface area contributed by atoms with Gasteiger partial charge in [0.1, 0.15) is 6.61 Å². The minimum absolute atomic E-state index is 0.209. The summed E-state index contributed by atoms with van der Waals surface area (Å²) in [5.41, 5.74) is -1.22. The number of rotatable bonds is 8. The highest BCUT2D eigenvalue weighted by atomic mass is 16.6. The lowest BCUT2D eigenvalue weighted by Gasteiger charge is -2.20. The smallest absolute Gasteiger partial charge is 0.335 e. The highest BCUT2D eigenvalue weighted by Gasteiger charge is 2.23. The van der Waals surface area contributed by atoms with Crippen LogP contribution in [-0.4, -0.2) is 58.3 Å². The van der Waals surface area contributed by atoms with Crippen LogP contribution in [0.15, 0.2) is 0 Å². The maximum absolute atomic E-state index is 11.4. The molecule has 0 aromatic carbocycles. The van der Waals surface area contributed by atoms with Gasteiger partial charge in [-0.15, -0.1) is 0 Å². The van der Waals surface area contributed by atoms with E-state index in [4.69, 9.17) is 19.7 Å². The predicted octanol–water partition coefficient (Wildman–Crippen LogP) is -0.634. The van der Waals surface area contributed by atoms with E-state index >= 15 is 0 Å². The molecule has 19 heavy (non-hydrogen) atoms. The normalized spacial score (nSPS) is 14.6. The van der Waals surface area contributed by atoms with Crippen molar-refractivity contribution in [3.05, 3.63) is 0 Å². The van der Waals surface area contributed by atoms with Gasteiger partial charge >= 0.3 is 11.9 Å². The molecule has 0 aliphatic rings. The van der Waals surface area contributed by atoms with Crippen LogP contribution in [0.4, 0.5) is 0 Å². The van der Waals surface area contributed by atoms with Gasteiger partial charge in [0.05, 0.1) is 18.6 Å². The first-order valence-electron chi connectivity index (χ1n) is 6.07. The molecule has 2 unspecified atom stereocenters. The van der Waals surface area contributed by atoms with Gasteiger partial charge in [-0.1, -0.05) is 6.92 Å². The van der Waals surface area contributed by atoms with Crippen molar-refractivity contribution in [1.29, 1.82) is 0 Å². The maximum Gasteiger partial charge on any atom is 0.335 e. The molecule has 0 fully saturated rings. The van der Waals surface area contributed by atoms with Gasteiger partial charge in [0.15, 0.2) is 12.2 Å². The van der Waals surface area contributed by atoms with E-state index < -0.39 is 36.4 Å². The molecule has 0 aliphatic heterocycles. The zero-order valence-corrected chi connectivity index (χ0v) is 11.5. The van der Waals surface area contributed by atoms with Gasteiger partial charge < -0.3 is 24.8 Å². The molecule has 0 amide bonds. The molecular weight excluding hydrogens is 256 g/mol. The van der Waals surface area contributed by atoms with E-state index in [0.29, 0.717) is 0 Å². The molecular formula is C12H22O7. The fourth-order valence-corrected chi connectivity index (χ4v) is 1.14. The minimum Gasteiger partial charge on any atom is -0.460 e. The Balaban J connectivity index is 4.15. The van der Waals surface area contributed by atoms with Crippen molar-refractivity contribution in [1.82, 2.24) is 0 Å². The minimum atomic E-state index is -1.23. The summed E-state index contributed by atoms with van der Waals surface area (Å²) in [5, 5.41) is 27.6. The fourth-order valence-electron chi connectivity index (χ4n) is 1.14. The maximum atomic E-state index is 11.4. The fraction of sp³-hybridized carbons (Fsp3) is 0.833. The van der Waals surface area contributed by atoms with Crippen LogP contribution in [0, 0.1) is 0 Å². The second-order valence-corrected chi connectivity index (χ2v) is 4.84. The number of ether oxygens (including phenoxy) is 2. The number of carbonyl (C=O) groups excluding carboxylic acids is 2. The van der Waals surface area contributed by atoms with Gasteiger partial charge in [0, 0.05) is 0 Å². The van der Waals surface area contributed by atoms with E-state index in [1.807, 2.05) is 0 Å². The number of carbonyl (C=O) groups is 2. The summed E-state index contributed by atoms with van der Waals surface area (Å²) in [7, 11) is 0. The van der Waals surface area contributed by atoms with Crippen molar-refractivity contribution in [3.63, 3.8) is 0 Å². The van der Waals surface area contributed by atoms with Crippen LogP contribution in [0.1, 0.15) is 33.6 Å². The molecule has 0 aromatic heterocycles. The topological polar surface area (TPSA) is 113 Å². The average molecular weight is 278 g/mol. The standard InChI is InChI=1S/C12H22O7/c1-4-9(14)11(16)18-7-8(6-13)19-10(15)5-12(2,3)17/h8-9,13-14,17H,4-7H2,1-3H3. The molecule has 0 rings (SSSR count). The van der Waals surface area contributed by atoms with Crippen molar-refractivity contribution in [2.45, 2.75) is 51.4 Å². The largest absolute Gasteiger partial charge is 0.460 e. The molecule has 7 nitrogen and oxygen atoms in total. The summed E-state index contributed by atoms with van der Waals surface area (Å²) >= 11 is 0. The van der Waals surface area contributed by atoms with Crippen LogP contribution in [0.5, 0.6) is 0 Å². The molecule has 0 spiro atoms. The van der Waals surface area contributed by atoms with E-state index in [1.54, 1.807) is 6.92 Å². The first kappa shape index (κ1) is 17.8. The van der Waals surface area contributed by atoms with E-state index in [2.05, 4.69) is 0 Å². The number of hydrogen-bond donors (Lipinski definition) is 3. The van der Waals surface area contributed by atoms with Crippen LogP contribution in [0.2, 0.25) is 0 Å². The van der Waals surface area contributed by atoms with Crippen molar-refractivity contribution >= 4 is 11.9 Å². The average Bonchev–Trinajstić information content (AvgIpc) is 2.30. The Bertz CT molecular complexity index is 295. The second-order valence-electron chi connectivity index (χ2n) is 4.84. The Morgan fingerprint density at radius 3 is 2.32 bits per heavy atom. The molecule has 0 saturated carbocycles. The Hall–Kier alpha value is -1.18. The molecule has 112 valence electrons. The molecule has 0 saturated heterocycles. The van der Waals surface area contributed by atoms with E-state index in [-0.39, 0.29) is 19.4 Å². The van der Waals surface area contributed by atoms with E-state index in [0.717, 1.165) is 0 Å². The molecule has 0 aliphatic carbocycles. The number of aliphatic hydroxyl groups is 3. The Kier molecular flexibility index (Phi) is 7.58. The Morgan fingerprint density at radius 2 is 1.89 bits per heavy atom. The van der Waals surface area contributed by atoms with Crippen LogP contribution in [-0.2, 0) is 19.1 Å². The second kappa shape index (κ2) is 8.08. The van der Waals surface area contributed by atoms with Crippen molar-refractivity contribution < 1.29 is 34.4 Å². The number of aliphatic hydroxyl groups excluding tert-OH is 2. The monoisotopic (exact) mass is 278 g/mol. The van der Waals surface area contributed by atoms with Crippen LogP contribution in [0.25, 0.3) is 0 Å². The summed E-state index contributed by atoms with van der Waals surface area (Å²) in [6, 6.07) is 0. The van der Waals surface area contributed by atoms with Crippen LogP contribution in [0.3, 0.4) is 0 Å². The van der Waals surface area contributed by atoms with Crippen molar-refractivity contribution in [3.8, 4) is 0 Å². The number of esters is 2. The van der Waals surface area contributed by atoms with E-state index in [9.17, 15) is 14.7 Å². The molecule has 0 heterocycles. The van der Waals surface area contributed by atoms with Crippen molar-refractivity contribution in [2.75, 3.05) is 13.2 Å². The summed E-state index contributed by atoms with van der Waals surface area (Å²) in [5.74, 6) is -1.54. The van der Waals surface area contributed by atoms with Gasteiger partial charge in [-0.25, -0.2) is 4.79 Å². The summed E-state index contributed by atoms with van der Waals surface area (Å²) < 4.78 is 9.52. The van der Waals surface area contributed by atoms with Gasteiger partial charge in [0.2, 0.25) is 0 Å². The molecule has 0 radical (unpaired) electrons. The SMILES string of the molecule is CCC(O)C(=O)OCC(CO)OC(=O)CC(C)(C)O. The summed E-state index contributed by atoms with van der Waals surface area (Å²) in [6.45, 7) is 3.63. The summed E-state index contributed by atoms with van der Waals surface area (Å²) in [6.07, 6.45) is -2.27. The first-order valence-corrected chi connectivity index (χ1v) is 6.07. The highest BCUT2D eigenvalue weighted by Crippen LogP contribution is 2.09. The molecule has 2 atom stereocenters. The van der Waals surface area contributed by atoms with Gasteiger partial charge in [-0.05, 0) is 20.3 Å². The molecule has 0 bridgehead atoms. The Labute approximate surface area is 112 Å². The van der Waals surface area contributed by atoms with Crippen molar-refractivity contribution in [2.24, 2.45) is 0 Å². The third-order valence-corrected chi connectivity index (χ3v) is 2.15. The van der Waals surface area contributed by atoms with Crippen LogP contribution < -0.4 is 0 Å². The lowest BCUT2D eigenvalue weighted by molar-refractivity contribution is -0.168. The zero-order valence-electron chi connectivity index (χ0n) is 11.5. The van der Waals surface area contributed by atoms with Gasteiger partial charge in [-0.3, -0.25) is 4.79 Å². The highest BCUT2D eigenvalue weighted by molar-refractivity contribution is 5.74. The lowest BCUT2D eigenvalue weighted by Crippen LogP contribution is -2.33. The molecule has 3 N–H and O–H groups in total. The zero-order chi connectivity index (χ0) is 15.1. The van der Waals surface area contributed by atoms with Crippen LogP contribution >= 0.6 is 0 Å². The molecule has 0 aromatic rings. The predicted molar refractivity (Wildman–Crippen MR) is 65.1 cm³/mol. The van der Waals surface area contributed by atoms with Gasteiger partial charge in [-0.2, -0.15) is 0 Å². The Morgan fingerprint density at radius 1 is 1.32 bits per heavy atom. The first-order chi connectivity index (χ1) is 8.69. The third kappa shape index (κ3) is 8.52. The van der Waals surface area contributed by atoms with E-state index in [1.165, 1.54) is 13.8 Å². The lowest BCUT2D eigenvalue weighted by atomic mass is 10.1. The third-order valence-electron chi connectivity index (χ3n) is 2.15.